The topological polar surface area (TPSA) is 108 Å². The van der Waals surface area contributed by atoms with Crippen LogP contribution in [0.2, 0.25) is 0 Å². The molecule has 1 aliphatic heterocycles. The number of hydrogen-bond donors (Lipinski definition) is 3. The first-order valence-corrected chi connectivity index (χ1v) is 7.03. The number of hydrogen-bond acceptors (Lipinski definition) is 4. The summed E-state index contributed by atoms with van der Waals surface area (Å²) in [5.74, 6) is -0.948. The summed E-state index contributed by atoms with van der Waals surface area (Å²) in [5, 5.41) is 11.3. The van der Waals surface area contributed by atoms with Crippen molar-refractivity contribution in [3.8, 4) is 0 Å². The Hall–Kier alpha value is -2.09. The van der Waals surface area contributed by atoms with Gasteiger partial charge in [0.1, 0.15) is 4.90 Å². The average molecular weight is 283 g/mol. The molecule has 0 aromatic heterocycles. The Morgan fingerprint density at radius 1 is 1.42 bits per heavy atom. The fourth-order valence-corrected chi connectivity index (χ4v) is 2.86. The molecule has 1 aliphatic rings. The maximum absolute atomic E-state index is 12.0. The van der Waals surface area contributed by atoms with E-state index in [-0.39, 0.29) is 23.8 Å². The summed E-state index contributed by atoms with van der Waals surface area (Å²) in [6.45, 7) is 1.80. The highest BCUT2D eigenvalue weighted by Gasteiger charge is 2.26. The number of nitrogens with zero attached hydrogens (tertiary/aromatic N) is 1. The number of benzene rings is 1. The molecule has 0 bridgehead atoms. The lowest BCUT2D eigenvalue weighted by molar-refractivity contribution is -0.136. The Morgan fingerprint density at radius 2 is 2.16 bits per heavy atom. The molecule has 2 rings (SSSR count). The Kier molecular flexibility index (Phi) is 3.43. The van der Waals surface area contributed by atoms with Crippen LogP contribution >= 0.6 is 0 Å². The second kappa shape index (κ2) is 4.88. The number of carboxylic acids is 1. The molecular weight excluding hydrogens is 270 g/mol. The Balaban J connectivity index is 2.28. The van der Waals surface area contributed by atoms with Gasteiger partial charge in [0.25, 0.3) is 10.0 Å². The molecule has 102 valence electrons. The lowest BCUT2D eigenvalue weighted by atomic mass is 10.2. The number of anilines is 1. The second-order valence-corrected chi connectivity index (χ2v) is 5.76. The number of nitrogens with one attached hydrogen (secondary N) is 2. The van der Waals surface area contributed by atoms with Crippen molar-refractivity contribution in [2.75, 3.05) is 11.9 Å². The van der Waals surface area contributed by atoms with Gasteiger partial charge in [-0.2, -0.15) is 0 Å². The van der Waals surface area contributed by atoms with Gasteiger partial charge in [-0.05, 0) is 24.6 Å². The number of aliphatic carboxylic acids is 1. The molecule has 19 heavy (non-hydrogen) atoms. The molecule has 0 fully saturated rings. The third kappa shape index (κ3) is 3.02. The summed E-state index contributed by atoms with van der Waals surface area (Å²) in [5.41, 5.74) is 1.26. The molecule has 0 saturated heterocycles. The van der Waals surface area contributed by atoms with Crippen molar-refractivity contribution in [2.45, 2.75) is 18.2 Å². The van der Waals surface area contributed by atoms with Gasteiger partial charge in [-0.25, -0.2) is 13.1 Å². The smallest absolute Gasteiger partial charge is 0.305 e. The van der Waals surface area contributed by atoms with E-state index in [0.29, 0.717) is 5.69 Å². The van der Waals surface area contributed by atoms with Crippen LogP contribution in [0, 0.1) is 6.92 Å². The molecule has 1 heterocycles. The number of rotatable bonds is 3. The Labute approximate surface area is 110 Å². The molecule has 0 atom stereocenters. The van der Waals surface area contributed by atoms with Crippen molar-refractivity contribution in [2.24, 2.45) is 4.99 Å². The van der Waals surface area contributed by atoms with E-state index in [1.54, 1.807) is 25.1 Å². The molecule has 7 nitrogen and oxygen atoms in total. The van der Waals surface area contributed by atoms with E-state index < -0.39 is 16.0 Å². The van der Waals surface area contributed by atoms with E-state index >= 15 is 0 Å². The fourth-order valence-electron chi connectivity index (χ4n) is 1.63. The van der Waals surface area contributed by atoms with Gasteiger partial charge in [-0.15, -0.1) is 0 Å². The zero-order chi connectivity index (χ0) is 14.0. The second-order valence-electron chi connectivity index (χ2n) is 4.10. The van der Waals surface area contributed by atoms with E-state index in [2.05, 4.69) is 15.0 Å². The predicted octanol–water partition coefficient (Wildman–Crippen LogP) is 0.530. The first-order valence-electron chi connectivity index (χ1n) is 5.55. The number of carbonyl (C=O) groups is 1. The molecule has 0 radical (unpaired) electrons. The monoisotopic (exact) mass is 283 g/mol. The van der Waals surface area contributed by atoms with Gasteiger partial charge in [0.15, 0.2) is 0 Å². The van der Waals surface area contributed by atoms with Crippen LogP contribution in [0.5, 0.6) is 0 Å². The van der Waals surface area contributed by atoms with Crippen LogP contribution in [0.25, 0.3) is 0 Å². The van der Waals surface area contributed by atoms with Crippen LogP contribution in [0.15, 0.2) is 28.1 Å². The minimum atomic E-state index is -3.66. The van der Waals surface area contributed by atoms with E-state index in [4.69, 9.17) is 5.11 Å². The van der Waals surface area contributed by atoms with Gasteiger partial charge in [0, 0.05) is 0 Å². The number of fused-ring (bicyclic) bond motifs is 1. The van der Waals surface area contributed by atoms with Crippen LogP contribution in [0.4, 0.5) is 5.69 Å². The molecule has 0 spiro atoms. The maximum Gasteiger partial charge on any atom is 0.305 e. The highest BCUT2D eigenvalue weighted by atomic mass is 32.2. The van der Waals surface area contributed by atoms with E-state index in [9.17, 15) is 13.2 Å². The van der Waals surface area contributed by atoms with E-state index in [1.807, 2.05) is 0 Å². The first kappa shape index (κ1) is 13.3. The molecule has 0 saturated carbocycles. The minimum absolute atomic E-state index is 0.00137. The number of carboxylic acid groups (broad SMARTS) is 1. The highest BCUT2D eigenvalue weighted by molar-refractivity contribution is 7.90. The third-order valence-electron chi connectivity index (χ3n) is 2.51. The standard InChI is InChI=1S/C11H13N3O4S/c1-7-2-3-8-9(6-7)19(17,18)14-11(13-8)12-5-4-10(15)16/h2-3,6H,4-5H2,1H3,(H,15,16)(H2,12,13,14). The van der Waals surface area contributed by atoms with Gasteiger partial charge in [-0.1, -0.05) is 6.07 Å². The molecule has 0 aliphatic carbocycles. The SMILES string of the molecule is Cc1ccc2c(c1)S(=O)(=O)NC(=NCCC(=O)O)N2. The number of aryl methyl sites for hydroxylation is 1. The lowest BCUT2D eigenvalue weighted by Gasteiger charge is -2.21. The van der Waals surface area contributed by atoms with Gasteiger partial charge < -0.3 is 10.4 Å². The quantitative estimate of drug-likeness (QED) is 0.750. The molecule has 8 heteroatoms. The van der Waals surface area contributed by atoms with Crippen LogP contribution in [-0.2, 0) is 14.8 Å². The van der Waals surface area contributed by atoms with Crippen LogP contribution in [-0.4, -0.2) is 32.0 Å². The van der Waals surface area contributed by atoms with Gasteiger partial charge in [0.05, 0.1) is 18.7 Å². The number of aliphatic imine (C=N–C) groups is 1. The molecule has 0 amide bonds. The first-order chi connectivity index (χ1) is 8.88. The van der Waals surface area contributed by atoms with Gasteiger partial charge >= 0.3 is 5.97 Å². The van der Waals surface area contributed by atoms with E-state index in [0.717, 1.165) is 5.56 Å². The zero-order valence-corrected chi connectivity index (χ0v) is 11.0. The van der Waals surface area contributed by atoms with Crippen molar-refractivity contribution in [3.63, 3.8) is 0 Å². The Morgan fingerprint density at radius 3 is 2.84 bits per heavy atom. The summed E-state index contributed by atoms with van der Waals surface area (Å²) in [7, 11) is -3.66. The summed E-state index contributed by atoms with van der Waals surface area (Å²) >= 11 is 0. The molecular formula is C11H13N3O4S. The molecule has 1 aromatic rings. The fraction of sp³-hybridized carbons (Fsp3) is 0.273. The molecule has 0 unspecified atom stereocenters. The zero-order valence-electron chi connectivity index (χ0n) is 10.2. The highest BCUT2D eigenvalue weighted by Crippen LogP contribution is 2.25. The predicted molar refractivity (Wildman–Crippen MR) is 69.7 cm³/mol. The number of sulfonamides is 1. The van der Waals surface area contributed by atoms with Crippen molar-refractivity contribution in [1.82, 2.24) is 4.72 Å². The average Bonchev–Trinajstić information content (AvgIpc) is 2.29. The van der Waals surface area contributed by atoms with Crippen LogP contribution in [0.1, 0.15) is 12.0 Å². The van der Waals surface area contributed by atoms with Crippen LogP contribution in [0.3, 0.4) is 0 Å². The normalized spacial score (nSPS) is 18.3. The van der Waals surface area contributed by atoms with Crippen molar-refractivity contribution < 1.29 is 18.3 Å². The third-order valence-corrected chi connectivity index (χ3v) is 3.89. The van der Waals surface area contributed by atoms with Gasteiger partial charge in [0.2, 0.25) is 5.96 Å². The summed E-state index contributed by atoms with van der Waals surface area (Å²) < 4.78 is 26.2. The van der Waals surface area contributed by atoms with Crippen molar-refractivity contribution in [3.05, 3.63) is 23.8 Å². The van der Waals surface area contributed by atoms with Crippen molar-refractivity contribution in [1.29, 1.82) is 0 Å². The summed E-state index contributed by atoms with van der Waals surface area (Å²) in [6, 6.07) is 4.98. The summed E-state index contributed by atoms with van der Waals surface area (Å²) in [6.07, 6.45) is -0.159. The largest absolute Gasteiger partial charge is 0.481 e. The van der Waals surface area contributed by atoms with Crippen molar-refractivity contribution >= 4 is 27.6 Å². The molecule has 3 N–H and O–H groups in total. The minimum Gasteiger partial charge on any atom is -0.481 e. The van der Waals surface area contributed by atoms with Crippen LogP contribution < -0.4 is 10.0 Å². The Bertz CT molecular complexity index is 652. The maximum atomic E-state index is 12.0. The molecule has 1 aromatic carbocycles. The van der Waals surface area contributed by atoms with E-state index in [1.165, 1.54) is 0 Å². The lowest BCUT2D eigenvalue weighted by Crippen LogP contribution is -2.40. The number of guanidine groups is 1. The summed E-state index contributed by atoms with van der Waals surface area (Å²) in [4.78, 5) is 14.4. The van der Waals surface area contributed by atoms with Gasteiger partial charge in [-0.3, -0.25) is 9.79 Å².